The predicted octanol–water partition coefficient (Wildman–Crippen LogP) is 3.21. The van der Waals surface area contributed by atoms with Gasteiger partial charge in [0.2, 0.25) is 11.8 Å². The molecule has 2 aromatic rings. The molecule has 0 fully saturated rings. The minimum Gasteiger partial charge on any atom is -0.495 e. The summed E-state index contributed by atoms with van der Waals surface area (Å²) in [5.41, 5.74) is 3.44. The van der Waals surface area contributed by atoms with E-state index in [0.717, 1.165) is 16.8 Å². The first-order valence-corrected chi connectivity index (χ1v) is 8.83. The number of carbonyl (C=O) groups is 2. The second-order valence-corrected chi connectivity index (χ2v) is 6.60. The van der Waals surface area contributed by atoms with Crippen LogP contribution in [0.5, 0.6) is 5.75 Å². The molecule has 0 saturated carbocycles. The number of aryl methyl sites for hydroxylation is 2. The standard InChI is InChI=1S/C21H27N3O3/c1-14-9-8-10-15(2)20(14)23-19(25)13-24(4)16(3)21(26)22-17-11-6-7-12-18(17)27-5/h6-12,16H,13H2,1-5H3,(H,22,26)(H,23,25). The summed E-state index contributed by atoms with van der Waals surface area (Å²) in [7, 11) is 3.30. The summed E-state index contributed by atoms with van der Waals surface area (Å²) >= 11 is 0. The highest BCUT2D eigenvalue weighted by atomic mass is 16.5. The first-order chi connectivity index (χ1) is 12.8. The third kappa shape index (κ3) is 5.31. The Balaban J connectivity index is 1.97. The molecular formula is C21H27N3O3. The molecule has 0 aromatic heterocycles. The summed E-state index contributed by atoms with van der Waals surface area (Å²) in [6, 6.07) is 12.6. The number of hydrogen-bond donors (Lipinski definition) is 2. The maximum atomic E-state index is 12.5. The fourth-order valence-corrected chi connectivity index (χ4v) is 2.74. The lowest BCUT2D eigenvalue weighted by Crippen LogP contribution is -2.43. The smallest absolute Gasteiger partial charge is 0.241 e. The molecule has 2 rings (SSSR count). The molecule has 0 bridgehead atoms. The normalized spacial score (nSPS) is 11.8. The quantitative estimate of drug-likeness (QED) is 0.786. The summed E-state index contributed by atoms with van der Waals surface area (Å²) in [4.78, 5) is 26.6. The zero-order chi connectivity index (χ0) is 20.0. The number of carbonyl (C=O) groups excluding carboxylic acids is 2. The average molecular weight is 369 g/mol. The largest absolute Gasteiger partial charge is 0.495 e. The molecule has 6 nitrogen and oxygen atoms in total. The van der Waals surface area contributed by atoms with Crippen LogP contribution in [0.1, 0.15) is 18.1 Å². The number of anilines is 2. The van der Waals surface area contributed by atoms with E-state index in [9.17, 15) is 9.59 Å². The van der Waals surface area contributed by atoms with Crippen LogP contribution in [0.15, 0.2) is 42.5 Å². The molecule has 6 heteroatoms. The predicted molar refractivity (Wildman–Crippen MR) is 108 cm³/mol. The van der Waals surface area contributed by atoms with Gasteiger partial charge >= 0.3 is 0 Å². The van der Waals surface area contributed by atoms with Crippen LogP contribution in [0.4, 0.5) is 11.4 Å². The Labute approximate surface area is 160 Å². The van der Waals surface area contributed by atoms with Crippen molar-refractivity contribution in [2.24, 2.45) is 0 Å². The molecule has 2 amide bonds. The Hall–Kier alpha value is -2.86. The molecule has 144 valence electrons. The average Bonchev–Trinajstić information content (AvgIpc) is 2.64. The highest BCUT2D eigenvalue weighted by Gasteiger charge is 2.21. The van der Waals surface area contributed by atoms with Crippen LogP contribution < -0.4 is 15.4 Å². The highest BCUT2D eigenvalue weighted by molar-refractivity contribution is 5.97. The lowest BCUT2D eigenvalue weighted by atomic mass is 10.1. The topological polar surface area (TPSA) is 70.7 Å². The summed E-state index contributed by atoms with van der Waals surface area (Å²) in [5, 5.41) is 5.78. The van der Waals surface area contributed by atoms with E-state index in [4.69, 9.17) is 4.74 Å². The van der Waals surface area contributed by atoms with E-state index < -0.39 is 6.04 Å². The van der Waals surface area contributed by atoms with Crippen LogP contribution in [0.25, 0.3) is 0 Å². The van der Waals surface area contributed by atoms with Crippen molar-refractivity contribution in [1.29, 1.82) is 0 Å². The van der Waals surface area contributed by atoms with E-state index in [1.807, 2.05) is 44.2 Å². The van der Waals surface area contributed by atoms with Crippen molar-refractivity contribution < 1.29 is 14.3 Å². The van der Waals surface area contributed by atoms with Gasteiger partial charge in [-0.05, 0) is 51.1 Å². The molecule has 0 saturated heterocycles. The number of benzene rings is 2. The van der Waals surface area contributed by atoms with E-state index in [1.54, 1.807) is 38.1 Å². The van der Waals surface area contributed by atoms with Crippen LogP contribution in [0.3, 0.4) is 0 Å². The molecule has 0 aliphatic heterocycles. The van der Waals surface area contributed by atoms with E-state index in [-0.39, 0.29) is 18.4 Å². The second-order valence-electron chi connectivity index (χ2n) is 6.60. The number of rotatable bonds is 7. The maximum absolute atomic E-state index is 12.5. The van der Waals surface area contributed by atoms with Crippen LogP contribution in [0, 0.1) is 13.8 Å². The van der Waals surface area contributed by atoms with E-state index in [0.29, 0.717) is 11.4 Å². The van der Waals surface area contributed by atoms with Crippen molar-refractivity contribution >= 4 is 23.2 Å². The van der Waals surface area contributed by atoms with Crippen molar-refractivity contribution in [3.63, 3.8) is 0 Å². The van der Waals surface area contributed by atoms with E-state index in [1.165, 1.54) is 0 Å². The number of nitrogens with one attached hydrogen (secondary N) is 2. The van der Waals surface area contributed by atoms with Gasteiger partial charge in [-0.2, -0.15) is 0 Å². The van der Waals surface area contributed by atoms with Gasteiger partial charge in [-0.15, -0.1) is 0 Å². The molecule has 0 heterocycles. The Morgan fingerprint density at radius 1 is 1.04 bits per heavy atom. The van der Waals surface area contributed by atoms with Crippen LogP contribution in [0.2, 0.25) is 0 Å². The Morgan fingerprint density at radius 2 is 1.67 bits per heavy atom. The summed E-state index contributed by atoms with van der Waals surface area (Å²) in [6.07, 6.45) is 0. The number of methoxy groups -OCH3 is 1. The van der Waals surface area contributed by atoms with E-state index in [2.05, 4.69) is 10.6 Å². The van der Waals surface area contributed by atoms with Crippen molar-refractivity contribution in [3.05, 3.63) is 53.6 Å². The number of likely N-dealkylation sites (N-methyl/N-ethyl adjacent to an activating group) is 1. The molecule has 0 spiro atoms. The molecule has 2 N–H and O–H groups in total. The van der Waals surface area contributed by atoms with Gasteiger partial charge in [-0.25, -0.2) is 0 Å². The Morgan fingerprint density at radius 3 is 2.30 bits per heavy atom. The Kier molecular flexibility index (Phi) is 6.96. The molecule has 2 aromatic carbocycles. The first kappa shape index (κ1) is 20.5. The van der Waals surface area contributed by atoms with Crippen LogP contribution >= 0.6 is 0 Å². The number of ether oxygens (including phenoxy) is 1. The van der Waals surface area contributed by atoms with Gasteiger partial charge in [0, 0.05) is 5.69 Å². The zero-order valence-electron chi connectivity index (χ0n) is 16.5. The third-order valence-electron chi connectivity index (χ3n) is 4.54. The molecule has 1 atom stereocenters. The Bertz CT molecular complexity index is 800. The fraction of sp³-hybridized carbons (Fsp3) is 0.333. The lowest BCUT2D eigenvalue weighted by Gasteiger charge is -2.24. The zero-order valence-corrected chi connectivity index (χ0v) is 16.5. The van der Waals surface area contributed by atoms with Gasteiger partial charge in [0.25, 0.3) is 0 Å². The van der Waals surface area contributed by atoms with Crippen molar-refractivity contribution in [2.45, 2.75) is 26.8 Å². The van der Waals surface area contributed by atoms with Gasteiger partial charge in [-0.1, -0.05) is 30.3 Å². The number of para-hydroxylation sites is 3. The van der Waals surface area contributed by atoms with E-state index >= 15 is 0 Å². The SMILES string of the molecule is COc1ccccc1NC(=O)C(C)N(C)CC(=O)Nc1c(C)cccc1C. The third-order valence-corrected chi connectivity index (χ3v) is 4.54. The van der Waals surface area contributed by atoms with Gasteiger partial charge in [0.1, 0.15) is 5.75 Å². The highest BCUT2D eigenvalue weighted by Crippen LogP contribution is 2.23. The summed E-state index contributed by atoms with van der Waals surface area (Å²) in [6.45, 7) is 5.77. The fourth-order valence-electron chi connectivity index (χ4n) is 2.74. The first-order valence-electron chi connectivity index (χ1n) is 8.83. The van der Waals surface area contributed by atoms with Gasteiger partial charge in [0.05, 0.1) is 25.4 Å². The monoisotopic (exact) mass is 369 g/mol. The van der Waals surface area contributed by atoms with Crippen LogP contribution in [-0.4, -0.2) is 43.5 Å². The number of nitrogens with zero attached hydrogens (tertiary/aromatic N) is 1. The van der Waals surface area contributed by atoms with Crippen molar-refractivity contribution in [3.8, 4) is 5.75 Å². The van der Waals surface area contributed by atoms with Crippen molar-refractivity contribution in [1.82, 2.24) is 4.90 Å². The molecule has 0 radical (unpaired) electrons. The molecule has 0 aliphatic rings. The van der Waals surface area contributed by atoms with Crippen molar-refractivity contribution in [2.75, 3.05) is 31.3 Å². The van der Waals surface area contributed by atoms with Gasteiger partial charge in [-0.3, -0.25) is 14.5 Å². The molecule has 0 aliphatic carbocycles. The van der Waals surface area contributed by atoms with Crippen LogP contribution in [-0.2, 0) is 9.59 Å². The van der Waals surface area contributed by atoms with Gasteiger partial charge in [0.15, 0.2) is 0 Å². The second kappa shape index (κ2) is 9.19. The summed E-state index contributed by atoms with van der Waals surface area (Å²) < 4.78 is 5.25. The minimum absolute atomic E-state index is 0.105. The van der Waals surface area contributed by atoms with Gasteiger partial charge < -0.3 is 15.4 Å². The lowest BCUT2D eigenvalue weighted by molar-refractivity contribution is -0.122. The molecule has 27 heavy (non-hydrogen) atoms. The number of hydrogen-bond acceptors (Lipinski definition) is 4. The molecular weight excluding hydrogens is 342 g/mol. The number of amides is 2. The molecule has 1 unspecified atom stereocenters. The summed E-state index contributed by atoms with van der Waals surface area (Å²) in [5.74, 6) is 0.224. The minimum atomic E-state index is -0.487. The maximum Gasteiger partial charge on any atom is 0.241 e.